The number of benzene rings is 1. The fourth-order valence-corrected chi connectivity index (χ4v) is 6.49. The summed E-state index contributed by atoms with van der Waals surface area (Å²) in [5, 5.41) is 0.121. The number of fused-ring (bicyclic) bond motifs is 6. The molecule has 2 bridgehead atoms. The molecule has 7 atom stereocenters. The summed E-state index contributed by atoms with van der Waals surface area (Å²) in [5.41, 5.74) is 2.72. The maximum absolute atomic E-state index is 6.69. The summed E-state index contributed by atoms with van der Waals surface area (Å²) >= 11 is 13.4. The maximum Gasteiger partial charge on any atom is 0.112 e. The predicted molar refractivity (Wildman–Crippen MR) is 85.2 cm³/mol. The van der Waals surface area contributed by atoms with Gasteiger partial charge in [0.15, 0.2) is 0 Å². The fourth-order valence-electron chi connectivity index (χ4n) is 5.70. The Labute approximate surface area is 135 Å². The van der Waals surface area contributed by atoms with Crippen molar-refractivity contribution >= 4 is 23.2 Å². The highest BCUT2D eigenvalue weighted by molar-refractivity contribution is 6.24. The third-order valence-electron chi connectivity index (χ3n) is 6.34. The molecule has 1 spiro atoms. The second-order valence-corrected chi connectivity index (χ2v) is 8.43. The van der Waals surface area contributed by atoms with Crippen molar-refractivity contribution in [1.82, 2.24) is 0 Å². The SMILES string of the molecule is CC1(C)OC12[C@@H]1c3ccccc3[C@H]2[C@@H]2[C@@H]1[C@@H](Cl)C=C[C@H]2Cl. The zero-order valence-corrected chi connectivity index (χ0v) is 13.6. The van der Waals surface area contributed by atoms with Crippen LogP contribution in [0.4, 0.5) is 0 Å². The van der Waals surface area contributed by atoms with Crippen LogP contribution in [0.1, 0.15) is 36.8 Å². The lowest BCUT2D eigenvalue weighted by molar-refractivity contribution is 0.252. The molecule has 110 valence electrons. The van der Waals surface area contributed by atoms with Gasteiger partial charge in [0.1, 0.15) is 5.60 Å². The van der Waals surface area contributed by atoms with E-state index >= 15 is 0 Å². The Kier molecular flexibility index (Phi) is 2.28. The molecular weight excluding hydrogens is 303 g/mol. The van der Waals surface area contributed by atoms with Gasteiger partial charge in [0.05, 0.1) is 16.4 Å². The third-order valence-corrected chi connectivity index (χ3v) is 7.21. The number of alkyl halides is 2. The first-order valence-corrected chi connectivity index (χ1v) is 8.62. The lowest BCUT2D eigenvalue weighted by Crippen LogP contribution is -2.36. The summed E-state index contributed by atoms with van der Waals surface area (Å²) in [6, 6.07) is 8.80. The van der Waals surface area contributed by atoms with Crippen molar-refractivity contribution in [1.29, 1.82) is 0 Å². The van der Waals surface area contributed by atoms with Crippen LogP contribution in [0.3, 0.4) is 0 Å². The van der Waals surface area contributed by atoms with Crippen LogP contribution in [-0.4, -0.2) is 22.0 Å². The minimum atomic E-state index is -0.0850. The average molecular weight is 321 g/mol. The Morgan fingerprint density at radius 2 is 1.33 bits per heavy atom. The number of epoxide rings is 1. The van der Waals surface area contributed by atoms with Crippen LogP contribution in [0, 0.1) is 11.8 Å². The molecule has 1 heterocycles. The number of hydrogen-bond acceptors (Lipinski definition) is 1. The van der Waals surface area contributed by atoms with E-state index in [1.807, 2.05) is 0 Å². The van der Waals surface area contributed by atoms with Crippen LogP contribution in [-0.2, 0) is 4.74 Å². The summed E-state index contributed by atoms with van der Waals surface area (Å²) in [7, 11) is 0. The first kappa shape index (κ1) is 13.0. The molecule has 0 amide bonds. The van der Waals surface area contributed by atoms with Crippen molar-refractivity contribution in [2.45, 2.75) is 47.6 Å². The quantitative estimate of drug-likeness (QED) is 0.391. The zero-order chi connectivity index (χ0) is 14.6. The van der Waals surface area contributed by atoms with Crippen molar-refractivity contribution in [3.63, 3.8) is 0 Å². The van der Waals surface area contributed by atoms with E-state index in [1.54, 1.807) is 0 Å². The van der Waals surface area contributed by atoms with Crippen molar-refractivity contribution in [2.75, 3.05) is 0 Å². The van der Waals surface area contributed by atoms with E-state index in [0.717, 1.165) is 0 Å². The van der Waals surface area contributed by atoms with Crippen molar-refractivity contribution in [3.8, 4) is 0 Å². The predicted octanol–water partition coefficient (Wildman–Crippen LogP) is 4.45. The molecule has 1 aromatic rings. The Morgan fingerprint density at radius 3 is 1.71 bits per heavy atom. The third kappa shape index (κ3) is 1.27. The largest absolute Gasteiger partial charge is 0.362 e. The molecule has 1 aromatic carbocycles. The zero-order valence-electron chi connectivity index (χ0n) is 12.1. The molecule has 1 unspecified atom stereocenters. The van der Waals surface area contributed by atoms with Gasteiger partial charge >= 0.3 is 0 Å². The van der Waals surface area contributed by atoms with Gasteiger partial charge in [0.2, 0.25) is 0 Å². The lowest BCUT2D eigenvalue weighted by atomic mass is 9.70. The molecule has 3 aliphatic carbocycles. The topological polar surface area (TPSA) is 12.5 Å². The highest BCUT2D eigenvalue weighted by atomic mass is 35.5. The van der Waals surface area contributed by atoms with Gasteiger partial charge in [-0.05, 0) is 36.8 Å². The number of ether oxygens (including phenoxy) is 1. The molecule has 0 N–H and O–H groups in total. The van der Waals surface area contributed by atoms with E-state index < -0.39 is 0 Å². The first-order chi connectivity index (χ1) is 9.99. The summed E-state index contributed by atoms with van der Waals surface area (Å²) in [6.45, 7) is 4.44. The summed E-state index contributed by atoms with van der Waals surface area (Å²) in [4.78, 5) is 0. The summed E-state index contributed by atoms with van der Waals surface area (Å²) in [5.74, 6) is 1.54. The molecule has 0 aromatic heterocycles. The van der Waals surface area contributed by atoms with Crippen LogP contribution in [0.2, 0.25) is 0 Å². The van der Waals surface area contributed by atoms with E-state index in [9.17, 15) is 0 Å². The standard InChI is InChI=1S/C18H18Cl2O/c1-17(2)18(21-17)15-9-5-3-4-6-10(9)16(18)14-12(20)8-7-11(19)13(14)15/h3-8,11-16H,1-2H3/t11-,12+,13-,14-,15+,16-,18?/m0/s1. The van der Waals surface area contributed by atoms with Gasteiger partial charge in [-0.25, -0.2) is 0 Å². The Morgan fingerprint density at radius 1 is 0.905 bits per heavy atom. The minimum absolute atomic E-state index is 0.0604. The van der Waals surface area contributed by atoms with Gasteiger partial charge in [-0.15, -0.1) is 23.2 Å². The molecule has 1 nitrogen and oxygen atoms in total. The molecule has 3 heteroatoms. The van der Waals surface area contributed by atoms with Gasteiger partial charge < -0.3 is 4.74 Å². The molecular formula is C18H18Cl2O. The fraction of sp³-hybridized carbons (Fsp3) is 0.556. The highest BCUT2D eigenvalue weighted by Crippen LogP contribution is 2.79. The van der Waals surface area contributed by atoms with Crippen LogP contribution >= 0.6 is 23.2 Å². The number of rotatable bonds is 0. The van der Waals surface area contributed by atoms with E-state index in [4.69, 9.17) is 27.9 Å². The Bertz CT molecular complexity index is 620. The lowest BCUT2D eigenvalue weighted by Gasteiger charge is -2.38. The van der Waals surface area contributed by atoms with Gasteiger partial charge in [-0.2, -0.15) is 0 Å². The van der Waals surface area contributed by atoms with E-state index in [1.165, 1.54) is 11.1 Å². The van der Waals surface area contributed by atoms with Crippen LogP contribution in [0.15, 0.2) is 36.4 Å². The second kappa shape index (κ2) is 3.69. The molecule has 1 aliphatic heterocycles. The molecule has 2 fully saturated rings. The van der Waals surface area contributed by atoms with Crippen LogP contribution in [0.25, 0.3) is 0 Å². The first-order valence-electron chi connectivity index (χ1n) is 7.74. The molecule has 21 heavy (non-hydrogen) atoms. The molecule has 4 aliphatic rings. The number of hydrogen-bond donors (Lipinski definition) is 0. The molecule has 1 saturated carbocycles. The van der Waals surface area contributed by atoms with Crippen LogP contribution in [0.5, 0.6) is 0 Å². The Hall–Kier alpha value is -0.500. The molecule has 0 radical (unpaired) electrons. The minimum Gasteiger partial charge on any atom is -0.362 e. The molecule has 1 saturated heterocycles. The van der Waals surface area contributed by atoms with Crippen LogP contribution < -0.4 is 0 Å². The van der Waals surface area contributed by atoms with Gasteiger partial charge in [-0.3, -0.25) is 0 Å². The summed E-state index contributed by atoms with van der Waals surface area (Å²) in [6.07, 6.45) is 4.18. The van der Waals surface area contributed by atoms with E-state index in [2.05, 4.69) is 50.3 Å². The van der Waals surface area contributed by atoms with Gasteiger partial charge in [0.25, 0.3) is 0 Å². The average Bonchev–Trinajstić information content (AvgIpc) is 2.78. The monoisotopic (exact) mass is 320 g/mol. The second-order valence-electron chi connectivity index (χ2n) is 7.42. The van der Waals surface area contributed by atoms with E-state index in [0.29, 0.717) is 23.7 Å². The van der Waals surface area contributed by atoms with Crippen molar-refractivity contribution in [2.24, 2.45) is 11.8 Å². The summed E-state index contributed by atoms with van der Waals surface area (Å²) < 4.78 is 6.37. The highest BCUT2D eigenvalue weighted by Gasteiger charge is 2.82. The maximum atomic E-state index is 6.69. The van der Waals surface area contributed by atoms with Crippen molar-refractivity contribution < 1.29 is 4.74 Å². The normalized spacial score (nSPS) is 51.0. The van der Waals surface area contributed by atoms with E-state index in [-0.39, 0.29) is 22.0 Å². The van der Waals surface area contributed by atoms with Gasteiger partial charge in [0, 0.05) is 11.8 Å². The number of allylic oxidation sites excluding steroid dienone is 2. The number of halogens is 2. The van der Waals surface area contributed by atoms with Crippen molar-refractivity contribution in [3.05, 3.63) is 47.5 Å². The van der Waals surface area contributed by atoms with Gasteiger partial charge in [-0.1, -0.05) is 36.4 Å². The Balaban J connectivity index is 1.77. The molecule has 5 rings (SSSR count). The smallest absolute Gasteiger partial charge is 0.112 e.